The highest BCUT2D eigenvalue weighted by molar-refractivity contribution is 7.22. The van der Waals surface area contributed by atoms with Gasteiger partial charge in [0.05, 0.1) is 10.2 Å². The number of hydrogen-bond donors (Lipinski definition) is 3. The predicted molar refractivity (Wildman–Crippen MR) is 82.2 cm³/mol. The van der Waals surface area contributed by atoms with E-state index in [4.69, 9.17) is 0 Å². The molecule has 1 aliphatic rings. The average Bonchev–Trinajstić information content (AvgIpc) is 2.88. The third-order valence-electron chi connectivity index (χ3n) is 3.52. The first-order valence-electron chi connectivity index (χ1n) is 6.92. The third kappa shape index (κ3) is 3.26. The van der Waals surface area contributed by atoms with E-state index in [1.54, 1.807) is 0 Å². The number of nitrogens with one attached hydrogen (secondary N) is 3. The van der Waals surface area contributed by atoms with Crippen LogP contribution in [0.5, 0.6) is 0 Å². The normalized spacial score (nSPS) is 16.2. The van der Waals surface area contributed by atoms with Crippen LogP contribution in [-0.4, -0.2) is 30.6 Å². The molecule has 2 aromatic rings. The van der Waals surface area contributed by atoms with E-state index < -0.39 is 0 Å². The van der Waals surface area contributed by atoms with Crippen molar-refractivity contribution in [1.29, 1.82) is 0 Å². The van der Waals surface area contributed by atoms with Gasteiger partial charge in [0, 0.05) is 6.54 Å². The SMILES string of the molecule is O=C(NCC1CCNCC1)Nc1nc2ccccc2s1. The number of thiazole rings is 1. The maximum absolute atomic E-state index is 11.9. The summed E-state index contributed by atoms with van der Waals surface area (Å²) in [5, 5.41) is 9.71. The van der Waals surface area contributed by atoms with Gasteiger partial charge in [-0.1, -0.05) is 23.5 Å². The Balaban J connectivity index is 1.52. The molecule has 5 nitrogen and oxygen atoms in total. The second-order valence-electron chi connectivity index (χ2n) is 5.02. The van der Waals surface area contributed by atoms with Crippen LogP contribution in [0.25, 0.3) is 10.2 Å². The number of amides is 2. The largest absolute Gasteiger partial charge is 0.338 e. The van der Waals surface area contributed by atoms with Gasteiger partial charge in [-0.25, -0.2) is 9.78 Å². The van der Waals surface area contributed by atoms with Gasteiger partial charge in [-0.05, 0) is 44.0 Å². The number of carbonyl (C=O) groups is 1. The maximum Gasteiger partial charge on any atom is 0.321 e. The molecule has 3 rings (SSSR count). The van der Waals surface area contributed by atoms with E-state index in [1.807, 2.05) is 24.3 Å². The summed E-state index contributed by atoms with van der Waals surface area (Å²) in [6, 6.07) is 7.71. The van der Waals surface area contributed by atoms with E-state index in [-0.39, 0.29) is 6.03 Å². The topological polar surface area (TPSA) is 66.1 Å². The number of benzene rings is 1. The van der Waals surface area contributed by atoms with E-state index in [0.29, 0.717) is 11.0 Å². The summed E-state index contributed by atoms with van der Waals surface area (Å²) in [7, 11) is 0. The molecular weight excluding hydrogens is 272 g/mol. The minimum Gasteiger partial charge on any atom is -0.338 e. The molecule has 3 N–H and O–H groups in total. The summed E-state index contributed by atoms with van der Waals surface area (Å²) < 4.78 is 1.08. The number of urea groups is 1. The van der Waals surface area contributed by atoms with Crippen molar-refractivity contribution < 1.29 is 4.79 Å². The van der Waals surface area contributed by atoms with Crippen LogP contribution in [0.1, 0.15) is 12.8 Å². The van der Waals surface area contributed by atoms with Crippen molar-refractivity contribution in [3.05, 3.63) is 24.3 Å². The van der Waals surface area contributed by atoms with Gasteiger partial charge in [0.2, 0.25) is 0 Å². The lowest BCUT2D eigenvalue weighted by Crippen LogP contribution is -2.37. The standard InChI is InChI=1S/C14H18N4OS/c19-13(16-9-10-5-7-15-8-6-10)18-14-17-11-3-1-2-4-12(11)20-14/h1-4,10,15H,5-9H2,(H2,16,17,18,19). The van der Waals surface area contributed by atoms with Gasteiger partial charge in [-0.15, -0.1) is 0 Å². The molecule has 1 saturated heterocycles. The minimum absolute atomic E-state index is 0.164. The van der Waals surface area contributed by atoms with E-state index in [0.717, 1.165) is 42.7 Å². The van der Waals surface area contributed by atoms with Gasteiger partial charge in [0.25, 0.3) is 0 Å². The highest BCUT2D eigenvalue weighted by Gasteiger charge is 2.14. The van der Waals surface area contributed by atoms with Crippen molar-refractivity contribution in [2.45, 2.75) is 12.8 Å². The molecule has 2 heterocycles. The fourth-order valence-corrected chi connectivity index (χ4v) is 3.25. The molecule has 0 radical (unpaired) electrons. The van der Waals surface area contributed by atoms with Gasteiger partial charge in [-0.3, -0.25) is 5.32 Å². The molecule has 0 bridgehead atoms. The van der Waals surface area contributed by atoms with Crippen molar-refractivity contribution >= 4 is 32.7 Å². The Morgan fingerprint density at radius 2 is 2.15 bits per heavy atom. The molecule has 0 spiro atoms. The van der Waals surface area contributed by atoms with E-state index in [1.165, 1.54) is 11.3 Å². The molecule has 1 aliphatic heterocycles. The Kier molecular flexibility index (Phi) is 4.13. The molecule has 0 aliphatic carbocycles. The summed E-state index contributed by atoms with van der Waals surface area (Å²) in [5.41, 5.74) is 0.922. The molecule has 0 saturated carbocycles. The van der Waals surface area contributed by atoms with Crippen LogP contribution >= 0.6 is 11.3 Å². The molecule has 106 valence electrons. The second kappa shape index (κ2) is 6.19. The number of rotatable bonds is 3. The summed E-state index contributed by atoms with van der Waals surface area (Å²) in [4.78, 5) is 16.2. The molecule has 1 aromatic heterocycles. The predicted octanol–water partition coefficient (Wildman–Crippen LogP) is 2.42. The monoisotopic (exact) mass is 290 g/mol. The Morgan fingerprint density at radius 3 is 2.95 bits per heavy atom. The lowest BCUT2D eigenvalue weighted by Gasteiger charge is -2.22. The highest BCUT2D eigenvalue weighted by Crippen LogP contribution is 2.25. The number of nitrogens with zero attached hydrogens (tertiary/aromatic N) is 1. The first kappa shape index (κ1) is 13.3. The van der Waals surface area contributed by atoms with Gasteiger partial charge in [-0.2, -0.15) is 0 Å². The molecule has 2 amide bonds. The summed E-state index contributed by atoms with van der Waals surface area (Å²) in [6.07, 6.45) is 2.25. The zero-order chi connectivity index (χ0) is 13.8. The van der Waals surface area contributed by atoms with Crippen molar-refractivity contribution in [2.24, 2.45) is 5.92 Å². The lowest BCUT2D eigenvalue weighted by atomic mass is 9.98. The molecular formula is C14H18N4OS. The zero-order valence-corrected chi connectivity index (χ0v) is 12.0. The van der Waals surface area contributed by atoms with Crippen molar-refractivity contribution in [3.63, 3.8) is 0 Å². The summed E-state index contributed by atoms with van der Waals surface area (Å²) in [5.74, 6) is 0.581. The Bertz CT molecular complexity index is 559. The first-order valence-corrected chi connectivity index (χ1v) is 7.74. The number of carbonyl (C=O) groups excluding carboxylic acids is 1. The van der Waals surface area contributed by atoms with Crippen LogP contribution in [0, 0.1) is 5.92 Å². The van der Waals surface area contributed by atoms with Crippen molar-refractivity contribution in [2.75, 3.05) is 25.0 Å². The molecule has 0 unspecified atom stereocenters. The van der Waals surface area contributed by atoms with Crippen LogP contribution < -0.4 is 16.0 Å². The van der Waals surface area contributed by atoms with Gasteiger partial charge in [0.1, 0.15) is 0 Å². The van der Waals surface area contributed by atoms with Crippen LogP contribution in [-0.2, 0) is 0 Å². The Hall–Kier alpha value is -1.66. The summed E-state index contributed by atoms with van der Waals surface area (Å²) in [6.45, 7) is 2.83. The van der Waals surface area contributed by atoms with E-state index >= 15 is 0 Å². The average molecular weight is 290 g/mol. The Labute approximate surface area is 121 Å². The fraction of sp³-hybridized carbons (Fsp3) is 0.429. The zero-order valence-electron chi connectivity index (χ0n) is 11.2. The molecule has 6 heteroatoms. The maximum atomic E-state index is 11.9. The number of aromatic nitrogens is 1. The second-order valence-corrected chi connectivity index (χ2v) is 6.05. The number of anilines is 1. The van der Waals surface area contributed by atoms with Crippen LogP contribution in [0.2, 0.25) is 0 Å². The van der Waals surface area contributed by atoms with Gasteiger partial charge >= 0.3 is 6.03 Å². The summed E-state index contributed by atoms with van der Waals surface area (Å²) >= 11 is 1.49. The minimum atomic E-state index is -0.164. The number of para-hydroxylation sites is 1. The lowest BCUT2D eigenvalue weighted by molar-refractivity contribution is 0.248. The van der Waals surface area contributed by atoms with E-state index in [9.17, 15) is 4.79 Å². The Morgan fingerprint density at radius 1 is 1.35 bits per heavy atom. The molecule has 1 aromatic carbocycles. The van der Waals surface area contributed by atoms with Crippen LogP contribution in [0.3, 0.4) is 0 Å². The van der Waals surface area contributed by atoms with Crippen molar-refractivity contribution in [3.8, 4) is 0 Å². The molecule has 1 fully saturated rings. The smallest absolute Gasteiger partial charge is 0.321 e. The van der Waals surface area contributed by atoms with Crippen molar-refractivity contribution in [1.82, 2.24) is 15.6 Å². The first-order chi connectivity index (χ1) is 9.81. The van der Waals surface area contributed by atoms with E-state index in [2.05, 4.69) is 20.9 Å². The molecule has 0 atom stereocenters. The third-order valence-corrected chi connectivity index (χ3v) is 4.48. The molecule has 20 heavy (non-hydrogen) atoms. The number of fused-ring (bicyclic) bond motifs is 1. The number of piperidine rings is 1. The van der Waals surface area contributed by atoms with Crippen LogP contribution in [0.15, 0.2) is 24.3 Å². The van der Waals surface area contributed by atoms with Crippen LogP contribution in [0.4, 0.5) is 9.93 Å². The van der Waals surface area contributed by atoms with Gasteiger partial charge in [0.15, 0.2) is 5.13 Å². The number of hydrogen-bond acceptors (Lipinski definition) is 4. The highest BCUT2D eigenvalue weighted by atomic mass is 32.1. The quantitative estimate of drug-likeness (QED) is 0.813. The fourth-order valence-electron chi connectivity index (χ4n) is 2.39. The van der Waals surface area contributed by atoms with Gasteiger partial charge < -0.3 is 10.6 Å².